The standard InChI is InChI=1S/C12H15NO2/c1-2-15-11-6-4-3-5-10(11)12(14)9-7-13-8-9/h3-6,9,13H,2,7-8H2,1H3. The van der Waals surface area contributed by atoms with Crippen LogP contribution in [0.1, 0.15) is 17.3 Å². The fraction of sp³-hybridized carbons (Fsp3) is 0.417. The highest BCUT2D eigenvalue weighted by molar-refractivity contribution is 6.01. The highest BCUT2D eigenvalue weighted by Crippen LogP contribution is 2.22. The molecule has 0 amide bonds. The molecule has 3 nitrogen and oxygen atoms in total. The Morgan fingerprint density at radius 1 is 1.47 bits per heavy atom. The van der Waals surface area contributed by atoms with Crippen molar-refractivity contribution in [2.24, 2.45) is 5.92 Å². The van der Waals surface area contributed by atoms with Crippen molar-refractivity contribution in [3.8, 4) is 5.75 Å². The lowest BCUT2D eigenvalue weighted by atomic mass is 9.92. The van der Waals surface area contributed by atoms with Gasteiger partial charge in [0.15, 0.2) is 5.78 Å². The Hall–Kier alpha value is -1.35. The van der Waals surface area contributed by atoms with Crippen LogP contribution in [0.5, 0.6) is 5.75 Å². The van der Waals surface area contributed by atoms with E-state index in [0.29, 0.717) is 17.9 Å². The minimum Gasteiger partial charge on any atom is -0.493 e. The molecule has 2 rings (SSSR count). The molecule has 0 spiro atoms. The van der Waals surface area contributed by atoms with E-state index in [2.05, 4.69) is 5.32 Å². The first-order chi connectivity index (χ1) is 7.33. The quantitative estimate of drug-likeness (QED) is 0.757. The van der Waals surface area contributed by atoms with Crippen LogP contribution in [0.4, 0.5) is 0 Å². The molecule has 1 heterocycles. The lowest BCUT2D eigenvalue weighted by Crippen LogP contribution is -2.46. The van der Waals surface area contributed by atoms with Crippen LogP contribution in [-0.2, 0) is 0 Å². The molecular weight excluding hydrogens is 190 g/mol. The summed E-state index contributed by atoms with van der Waals surface area (Å²) >= 11 is 0. The van der Waals surface area contributed by atoms with Gasteiger partial charge in [-0.15, -0.1) is 0 Å². The number of hydrogen-bond acceptors (Lipinski definition) is 3. The van der Waals surface area contributed by atoms with Gasteiger partial charge in [-0.1, -0.05) is 12.1 Å². The van der Waals surface area contributed by atoms with Crippen LogP contribution in [0.2, 0.25) is 0 Å². The normalized spacial score (nSPS) is 15.8. The molecule has 1 aliphatic heterocycles. The number of ketones is 1. The largest absolute Gasteiger partial charge is 0.493 e. The van der Waals surface area contributed by atoms with Gasteiger partial charge in [-0.05, 0) is 19.1 Å². The number of ether oxygens (including phenoxy) is 1. The van der Waals surface area contributed by atoms with Crippen LogP contribution in [0.3, 0.4) is 0 Å². The number of Topliss-reactive ketones (excluding diaryl/α,β-unsaturated/α-hetero) is 1. The second-order valence-electron chi connectivity index (χ2n) is 3.65. The summed E-state index contributed by atoms with van der Waals surface area (Å²) in [4.78, 5) is 12.0. The molecule has 0 unspecified atom stereocenters. The van der Waals surface area contributed by atoms with E-state index < -0.39 is 0 Å². The van der Waals surface area contributed by atoms with Gasteiger partial charge < -0.3 is 10.1 Å². The summed E-state index contributed by atoms with van der Waals surface area (Å²) in [5.41, 5.74) is 0.714. The number of hydrogen-bond donors (Lipinski definition) is 1. The van der Waals surface area contributed by atoms with E-state index in [0.717, 1.165) is 13.1 Å². The molecular formula is C12H15NO2. The summed E-state index contributed by atoms with van der Waals surface area (Å²) in [6.07, 6.45) is 0. The van der Waals surface area contributed by atoms with Crippen molar-refractivity contribution in [1.29, 1.82) is 0 Å². The summed E-state index contributed by atoms with van der Waals surface area (Å²) < 4.78 is 5.44. The van der Waals surface area contributed by atoms with E-state index in [1.165, 1.54) is 0 Å². The van der Waals surface area contributed by atoms with E-state index in [9.17, 15) is 4.79 Å². The molecule has 0 aliphatic carbocycles. The Balaban J connectivity index is 2.21. The molecule has 0 aromatic heterocycles. The Kier molecular flexibility index (Phi) is 3.02. The lowest BCUT2D eigenvalue weighted by Gasteiger charge is -2.26. The minimum absolute atomic E-state index is 0.131. The molecule has 1 saturated heterocycles. The average Bonchev–Trinajstić information content (AvgIpc) is 2.16. The van der Waals surface area contributed by atoms with Crippen molar-refractivity contribution < 1.29 is 9.53 Å². The molecule has 1 aromatic rings. The maximum Gasteiger partial charge on any atom is 0.172 e. The first kappa shape index (κ1) is 10.2. The number of nitrogens with one attached hydrogen (secondary N) is 1. The number of rotatable bonds is 4. The summed E-state index contributed by atoms with van der Waals surface area (Å²) in [5, 5.41) is 3.10. The molecule has 0 saturated carbocycles. The second kappa shape index (κ2) is 4.45. The van der Waals surface area contributed by atoms with Gasteiger partial charge in [0, 0.05) is 19.0 Å². The molecule has 1 N–H and O–H groups in total. The zero-order valence-electron chi connectivity index (χ0n) is 8.82. The minimum atomic E-state index is 0.131. The van der Waals surface area contributed by atoms with Crippen molar-refractivity contribution in [3.05, 3.63) is 29.8 Å². The third-order valence-corrected chi connectivity index (χ3v) is 2.60. The Morgan fingerprint density at radius 2 is 2.20 bits per heavy atom. The van der Waals surface area contributed by atoms with Crippen LogP contribution >= 0.6 is 0 Å². The maximum absolute atomic E-state index is 12.0. The van der Waals surface area contributed by atoms with Crippen LogP contribution in [0, 0.1) is 5.92 Å². The van der Waals surface area contributed by atoms with Crippen molar-refractivity contribution in [3.63, 3.8) is 0 Å². The molecule has 1 aliphatic rings. The van der Waals surface area contributed by atoms with Gasteiger partial charge in [0.2, 0.25) is 0 Å². The summed E-state index contributed by atoms with van der Waals surface area (Å²) in [6.45, 7) is 4.10. The van der Waals surface area contributed by atoms with Crippen LogP contribution in [0.25, 0.3) is 0 Å². The number of para-hydroxylation sites is 1. The highest BCUT2D eigenvalue weighted by atomic mass is 16.5. The summed E-state index contributed by atoms with van der Waals surface area (Å²) in [6, 6.07) is 7.46. The van der Waals surface area contributed by atoms with Gasteiger partial charge in [0.1, 0.15) is 5.75 Å². The molecule has 0 radical (unpaired) electrons. The Labute approximate surface area is 89.4 Å². The SMILES string of the molecule is CCOc1ccccc1C(=O)C1CNC1. The van der Waals surface area contributed by atoms with Crippen molar-refractivity contribution in [2.75, 3.05) is 19.7 Å². The van der Waals surface area contributed by atoms with Gasteiger partial charge in [-0.2, -0.15) is 0 Å². The predicted molar refractivity (Wildman–Crippen MR) is 58.3 cm³/mol. The molecule has 3 heteroatoms. The fourth-order valence-electron chi connectivity index (χ4n) is 1.65. The molecule has 80 valence electrons. The lowest BCUT2D eigenvalue weighted by molar-refractivity contribution is 0.0874. The van der Waals surface area contributed by atoms with Gasteiger partial charge in [-0.3, -0.25) is 4.79 Å². The summed E-state index contributed by atoms with van der Waals surface area (Å²) in [5.74, 6) is 1.03. The van der Waals surface area contributed by atoms with E-state index in [1.54, 1.807) is 0 Å². The Morgan fingerprint density at radius 3 is 2.80 bits per heavy atom. The van der Waals surface area contributed by atoms with E-state index in [-0.39, 0.29) is 11.7 Å². The maximum atomic E-state index is 12.0. The predicted octanol–water partition coefficient (Wildman–Crippen LogP) is 1.49. The van der Waals surface area contributed by atoms with Crippen LogP contribution in [-0.4, -0.2) is 25.5 Å². The zero-order chi connectivity index (χ0) is 10.7. The molecule has 0 atom stereocenters. The first-order valence-corrected chi connectivity index (χ1v) is 5.29. The van der Waals surface area contributed by atoms with E-state index >= 15 is 0 Å². The molecule has 1 aromatic carbocycles. The topological polar surface area (TPSA) is 38.3 Å². The third-order valence-electron chi connectivity index (χ3n) is 2.60. The number of carbonyl (C=O) groups is 1. The van der Waals surface area contributed by atoms with Gasteiger partial charge in [0.25, 0.3) is 0 Å². The van der Waals surface area contributed by atoms with E-state index in [4.69, 9.17) is 4.74 Å². The first-order valence-electron chi connectivity index (χ1n) is 5.29. The number of benzene rings is 1. The molecule has 15 heavy (non-hydrogen) atoms. The molecule has 0 bridgehead atoms. The second-order valence-corrected chi connectivity index (χ2v) is 3.65. The fourth-order valence-corrected chi connectivity index (χ4v) is 1.65. The monoisotopic (exact) mass is 205 g/mol. The van der Waals surface area contributed by atoms with Gasteiger partial charge in [-0.25, -0.2) is 0 Å². The van der Waals surface area contributed by atoms with Gasteiger partial charge in [0.05, 0.1) is 12.2 Å². The van der Waals surface area contributed by atoms with Crippen molar-refractivity contribution >= 4 is 5.78 Å². The highest BCUT2D eigenvalue weighted by Gasteiger charge is 2.27. The summed E-state index contributed by atoms with van der Waals surface area (Å²) in [7, 11) is 0. The van der Waals surface area contributed by atoms with Crippen LogP contribution in [0.15, 0.2) is 24.3 Å². The third kappa shape index (κ3) is 2.02. The van der Waals surface area contributed by atoms with E-state index in [1.807, 2.05) is 31.2 Å². The average molecular weight is 205 g/mol. The number of carbonyl (C=O) groups excluding carboxylic acids is 1. The molecule has 1 fully saturated rings. The van der Waals surface area contributed by atoms with Crippen molar-refractivity contribution in [2.45, 2.75) is 6.92 Å². The van der Waals surface area contributed by atoms with Crippen molar-refractivity contribution in [1.82, 2.24) is 5.32 Å². The smallest absolute Gasteiger partial charge is 0.172 e. The Bertz CT molecular complexity index is 358. The van der Waals surface area contributed by atoms with Gasteiger partial charge >= 0.3 is 0 Å². The van der Waals surface area contributed by atoms with Crippen LogP contribution < -0.4 is 10.1 Å². The zero-order valence-corrected chi connectivity index (χ0v) is 8.82.